The molecule has 3 rings (SSSR count). The second-order valence-corrected chi connectivity index (χ2v) is 7.82. The van der Waals surface area contributed by atoms with Crippen LogP contribution >= 0.6 is 27.3 Å². The molecule has 0 aliphatic carbocycles. The first-order valence-corrected chi connectivity index (χ1v) is 9.83. The van der Waals surface area contributed by atoms with E-state index in [1.54, 1.807) is 15.9 Å². The Morgan fingerprint density at radius 2 is 2.04 bits per heavy atom. The summed E-state index contributed by atoms with van der Waals surface area (Å²) in [7, 11) is 0. The van der Waals surface area contributed by atoms with Crippen molar-refractivity contribution in [3.8, 4) is 17.2 Å². The van der Waals surface area contributed by atoms with Gasteiger partial charge in [-0.25, -0.2) is 4.98 Å². The molecule has 0 radical (unpaired) electrons. The normalized spacial score (nSPS) is 11.0. The molecule has 0 fully saturated rings. The van der Waals surface area contributed by atoms with Gasteiger partial charge in [0.2, 0.25) is 0 Å². The Balaban J connectivity index is 2.25. The lowest BCUT2D eigenvalue weighted by molar-refractivity contribution is 0.607. The molecule has 1 aromatic carbocycles. The van der Waals surface area contributed by atoms with Crippen molar-refractivity contribution in [3.63, 3.8) is 0 Å². The second-order valence-electron chi connectivity index (χ2n) is 5.82. The predicted molar refractivity (Wildman–Crippen MR) is 106 cm³/mol. The third-order valence-corrected chi connectivity index (χ3v) is 5.96. The van der Waals surface area contributed by atoms with Crippen molar-refractivity contribution in [1.29, 1.82) is 5.26 Å². The Bertz CT molecular complexity index is 1010. The van der Waals surface area contributed by atoms with E-state index in [-0.39, 0.29) is 5.56 Å². The standard InChI is InChI=1S/C19H18BrN3OS/c1-3-15-16(13-6-8-14(20)9-7-13)17-18(25-15)22-12(2)23(19(17)24)11-5-4-10-21/h6-9H,3-5,11H2,1-2H3. The molecule has 0 unspecified atom stereocenters. The van der Waals surface area contributed by atoms with Gasteiger partial charge in [-0.05, 0) is 37.5 Å². The molecule has 2 aromatic heterocycles. The van der Waals surface area contributed by atoms with Gasteiger partial charge in [-0.15, -0.1) is 11.3 Å². The van der Waals surface area contributed by atoms with Crippen molar-refractivity contribution < 1.29 is 0 Å². The van der Waals surface area contributed by atoms with Crippen LogP contribution in [-0.4, -0.2) is 9.55 Å². The number of benzene rings is 1. The maximum Gasteiger partial charge on any atom is 0.262 e. The van der Waals surface area contributed by atoms with Crippen molar-refractivity contribution in [3.05, 3.63) is 49.8 Å². The highest BCUT2D eigenvalue weighted by Gasteiger charge is 2.19. The van der Waals surface area contributed by atoms with Gasteiger partial charge in [0, 0.05) is 27.9 Å². The van der Waals surface area contributed by atoms with E-state index in [4.69, 9.17) is 5.26 Å². The minimum absolute atomic E-state index is 0.00527. The Morgan fingerprint density at radius 3 is 2.68 bits per heavy atom. The summed E-state index contributed by atoms with van der Waals surface area (Å²) in [4.78, 5) is 19.8. The highest BCUT2D eigenvalue weighted by Crippen LogP contribution is 2.37. The third-order valence-electron chi connectivity index (χ3n) is 4.20. The van der Waals surface area contributed by atoms with Crippen LogP contribution in [0.3, 0.4) is 0 Å². The van der Waals surface area contributed by atoms with Crippen molar-refractivity contribution in [1.82, 2.24) is 9.55 Å². The first-order valence-electron chi connectivity index (χ1n) is 8.22. The number of hydrogen-bond acceptors (Lipinski definition) is 4. The molecule has 2 heterocycles. The van der Waals surface area contributed by atoms with Gasteiger partial charge < -0.3 is 0 Å². The number of unbranched alkanes of at least 4 members (excludes halogenated alkanes) is 1. The molecule has 3 aromatic rings. The molecular formula is C19H18BrN3OS. The number of rotatable bonds is 5. The highest BCUT2D eigenvalue weighted by molar-refractivity contribution is 9.10. The first-order chi connectivity index (χ1) is 12.1. The quantitative estimate of drug-likeness (QED) is 0.546. The largest absolute Gasteiger partial charge is 0.296 e. The molecule has 6 heteroatoms. The molecule has 4 nitrogen and oxygen atoms in total. The monoisotopic (exact) mass is 415 g/mol. The van der Waals surface area contributed by atoms with E-state index in [2.05, 4.69) is 33.9 Å². The molecule has 0 aliphatic heterocycles. The molecule has 0 saturated heterocycles. The second kappa shape index (κ2) is 7.51. The summed E-state index contributed by atoms with van der Waals surface area (Å²) in [5.41, 5.74) is 2.04. The molecule has 0 bridgehead atoms. The van der Waals surface area contributed by atoms with Crippen LogP contribution in [0.4, 0.5) is 0 Å². The zero-order valence-electron chi connectivity index (χ0n) is 14.2. The number of fused-ring (bicyclic) bond motifs is 1. The van der Waals surface area contributed by atoms with Gasteiger partial charge in [-0.3, -0.25) is 9.36 Å². The fourth-order valence-electron chi connectivity index (χ4n) is 2.98. The lowest BCUT2D eigenvalue weighted by Gasteiger charge is -2.09. The predicted octanol–water partition coefficient (Wildman–Crippen LogP) is 5.06. The lowest BCUT2D eigenvalue weighted by Crippen LogP contribution is -2.23. The molecule has 0 aliphatic rings. The number of aromatic nitrogens is 2. The maximum absolute atomic E-state index is 13.2. The van der Waals surface area contributed by atoms with Gasteiger partial charge >= 0.3 is 0 Å². The van der Waals surface area contributed by atoms with E-state index in [0.717, 1.165) is 26.9 Å². The van der Waals surface area contributed by atoms with Crippen LogP contribution in [0.1, 0.15) is 30.5 Å². The van der Waals surface area contributed by atoms with Crippen molar-refractivity contribution in [2.24, 2.45) is 0 Å². The average molecular weight is 416 g/mol. The number of nitriles is 1. The van der Waals surface area contributed by atoms with E-state index < -0.39 is 0 Å². The summed E-state index contributed by atoms with van der Waals surface area (Å²) < 4.78 is 2.71. The van der Waals surface area contributed by atoms with Crippen LogP contribution < -0.4 is 5.56 Å². The van der Waals surface area contributed by atoms with Crippen LogP contribution in [-0.2, 0) is 13.0 Å². The highest BCUT2D eigenvalue weighted by atomic mass is 79.9. The van der Waals surface area contributed by atoms with Crippen molar-refractivity contribution >= 4 is 37.5 Å². The number of nitrogens with zero attached hydrogens (tertiary/aromatic N) is 3. The molecule has 0 N–H and O–H groups in total. The summed E-state index contributed by atoms with van der Waals surface area (Å²) in [5.74, 6) is 0.710. The summed E-state index contributed by atoms with van der Waals surface area (Å²) in [6.45, 7) is 4.49. The lowest BCUT2D eigenvalue weighted by atomic mass is 10.0. The van der Waals surface area contributed by atoms with Crippen LogP contribution in [0.15, 0.2) is 33.5 Å². The molecule has 0 amide bonds. The minimum Gasteiger partial charge on any atom is -0.296 e. The summed E-state index contributed by atoms with van der Waals surface area (Å²) in [6.07, 6.45) is 1.95. The third kappa shape index (κ3) is 3.39. The maximum atomic E-state index is 13.2. The van der Waals surface area contributed by atoms with Crippen LogP contribution in [0.5, 0.6) is 0 Å². The average Bonchev–Trinajstić information content (AvgIpc) is 2.97. The van der Waals surface area contributed by atoms with Gasteiger partial charge in [-0.1, -0.05) is 35.0 Å². The molecule has 25 heavy (non-hydrogen) atoms. The van der Waals surface area contributed by atoms with E-state index in [9.17, 15) is 4.79 Å². The molecule has 0 saturated carbocycles. The summed E-state index contributed by atoms with van der Waals surface area (Å²) >= 11 is 5.06. The number of halogens is 1. The first kappa shape index (κ1) is 17.8. The fraction of sp³-hybridized carbons (Fsp3) is 0.316. The van der Waals surface area contributed by atoms with E-state index in [1.165, 1.54) is 4.88 Å². The Kier molecular flexibility index (Phi) is 5.36. The van der Waals surface area contributed by atoms with E-state index >= 15 is 0 Å². The zero-order valence-corrected chi connectivity index (χ0v) is 16.6. The van der Waals surface area contributed by atoms with Gasteiger partial charge in [0.1, 0.15) is 10.7 Å². The van der Waals surface area contributed by atoms with Crippen molar-refractivity contribution in [2.75, 3.05) is 0 Å². The number of hydrogen-bond donors (Lipinski definition) is 0. The van der Waals surface area contributed by atoms with Gasteiger partial charge in [-0.2, -0.15) is 5.26 Å². The van der Waals surface area contributed by atoms with E-state index in [1.807, 2.05) is 31.2 Å². The Morgan fingerprint density at radius 1 is 1.32 bits per heavy atom. The van der Waals surface area contributed by atoms with Crippen LogP contribution in [0.25, 0.3) is 21.3 Å². The number of thiophene rings is 1. The fourth-order valence-corrected chi connectivity index (χ4v) is 4.42. The Labute approximate surface area is 158 Å². The molecule has 0 spiro atoms. The molecule has 0 atom stereocenters. The summed E-state index contributed by atoms with van der Waals surface area (Å²) in [6, 6.07) is 10.2. The SMILES string of the molecule is CCc1sc2nc(C)n(CCCC#N)c(=O)c2c1-c1ccc(Br)cc1. The van der Waals surface area contributed by atoms with Crippen LogP contribution in [0, 0.1) is 18.3 Å². The smallest absolute Gasteiger partial charge is 0.262 e. The molecule has 128 valence electrons. The minimum atomic E-state index is -0.00527. The van der Waals surface area contributed by atoms with Gasteiger partial charge in [0.25, 0.3) is 5.56 Å². The van der Waals surface area contributed by atoms with Gasteiger partial charge in [0.15, 0.2) is 0 Å². The zero-order chi connectivity index (χ0) is 18.0. The number of aryl methyl sites for hydroxylation is 2. The van der Waals surface area contributed by atoms with Gasteiger partial charge in [0.05, 0.1) is 11.5 Å². The van der Waals surface area contributed by atoms with E-state index in [0.29, 0.717) is 30.6 Å². The van der Waals surface area contributed by atoms with Crippen molar-refractivity contribution in [2.45, 2.75) is 39.7 Å². The Hall–Kier alpha value is -1.97. The summed E-state index contributed by atoms with van der Waals surface area (Å²) in [5, 5.41) is 9.45. The topological polar surface area (TPSA) is 58.7 Å². The molecular weight excluding hydrogens is 398 g/mol. The van der Waals surface area contributed by atoms with Crippen LogP contribution in [0.2, 0.25) is 0 Å².